The van der Waals surface area contributed by atoms with E-state index in [-0.39, 0.29) is 0 Å². The molecular weight excluding hydrogens is 267 g/mol. The van der Waals surface area contributed by atoms with Gasteiger partial charge in [-0.1, -0.05) is 6.92 Å². The molecule has 108 valence electrons. The van der Waals surface area contributed by atoms with Crippen molar-refractivity contribution >= 4 is 16.6 Å². The van der Waals surface area contributed by atoms with Crippen molar-refractivity contribution in [2.24, 2.45) is 0 Å². The third-order valence-electron chi connectivity index (χ3n) is 3.86. The van der Waals surface area contributed by atoms with Gasteiger partial charge in [0.1, 0.15) is 11.2 Å². The van der Waals surface area contributed by atoms with Gasteiger partial charge in [0.05, 0.1) is 5.69 Å². The van der Waals surface area contributed by atoms with Crippen LogP contribution in [0.25, 0.3) is 16.6 Å². The molecule has 0 atom stereocenters. The number of halogens is 1. The minimum absolute atomic E-state index is 0.361. The standard InChI is InChI=1S/C16H17FN4/c1-4-11-9(2)20-21(10(11)3)16-13(17)8-14(18)12-6-5-7-19-15(12)16/h5-8H,4,18H2,1-3H3. The fourth-order valence-electron chi connectivity index (χ4n) is 2.83. The molecule has 0 spiro atoms. The summed E-state index contributed by atoms with van der Waals surface area (Å²) in [6.45, 7) is 5.95. The molecule has 0 amide bonds. The first kappa shape index (κ1) is 13.5. The Kier molecular flexibility index (Phi) is 3.12. The van der Waals surface area contributed by atoms with Gasteiger partial charge in [-0.25, -0.2) is 9.07 Å². The lowest BCUT2D eigenvalue weighted by Gasteiger charge is -2.11. The molecule has 0 bridgehead atoms. The number of rotatable bonds is 2. The van der Waals surface area contributed by atoms with Crippen LogP contribution in [-0.4, -0.2) is 14.8 Å². The van der Waals surface area contributed by atoms with Gasteiger partial charge >= 0.3 is 0 Å². The van der Waals surface area contributed by atoms with E-state index < -0.39 is 5.82 Å². The van der Waals surface area contributed by atoms with Crippen molar-refractivity contribution < 1.29 is 4.39 Å². The van der Waals surface area contributed by atoms with E-state index in [1.54, 1.807) is 16.9 Å². The maximum absolute atomic E-state index is 14.5. The van der Waals surface area contributed by atoms with Crippen molar-refractivity contribution in [1.29, 1.82) is 0 Å². The largest absolute Gasteiger partial charge is 0.398 e. The Morgan fingerprint density at radius 3 is 2.76 bits per heavy atom. The number of benzene rings is 1. The van der Waals surface area contributed by atoms with E-state index in [4.69, 9.17) is 5.73 Å². The van der Waals surface area contributed by atoms with Gasteiger partial charge in [-0.2, -0.15) is 5.10 Å². The summed E-state index contributed by atoms with van der Waals surface area (Å²) < 4.78 is 16.1. The van der Waals surface area contributed by atoms with Gasteiger partial charge in [0, 0.05) is 23.0 Å². The normalized spacial score (nSPS) is 11.2. The van der Waals surface area contributed by atoms with Crippen molar-refractivity contribution in [3.8, 4) is 5.69 Å². The van der Waals surface area contributed by atoms with Gasteiger partial charge in [0.2, 0.25) is 0 Å². The smallest absolute Gasteiger partial charge is 0.153 e. The first-order valence-electron chi connectivity index (χ1n) is 6.92. The average molecular weight is 284 g/mol. The van der Waals surface area contributed by atoms with Crippen LogP contribution in [-0.2, 0) is 6.42 Å². The number of fused-ring (bicyclic) bond motifs is 1. The van der Waals surface area contributed by atoms with Crippen molar-refractivity contribution in [2.45, 2.75) is 27.2 Å². The van der Waals surface area contributed by atoms with E-state index in [1.165, 1.54) is 6.07 Å². The van der Waals surface area contributed by atoms with Crippen LogP contribution in [0.5, 0.6) is 0 Å². The molecule has 0 unspecified atom stereocenters. The van der Waals surface area contributed by atoms with Crippen LogP contribution in [0.15, 0.2) is 24.4 Å². The fraction of sp³-hybridized carbons (Fsp3) is 0.250. The SMILES string of the molecule is CCc1c(C)nn(-c2c(F)cc(N)c3cccnc23)c1C. The molecule has 0 fully saturated rings. The minimum atomic E-state index is -0.410. The molecule has 2 aromatic heterocycles. The highest BCUT2D eigenvalue weighted by molar-refractivity contribution is 5.95. The molecule has 4 nitrogen and oxygen atoms in total. The van der Waals surface area contributed by atoms with E-state index in [2.05, 4.69) is 17.0 Å². The maximum Gasteiger partial charge on any atom is 0.153 e. The van der Waals surface area contributed by atoms with Gasteiger partial charge < -0.3 is 5.73 Å². The number of aryl methyl sites for hydroxylation is 1. The lowest BCUT2D eigenvalue weighted by atomic mass is 10.1. The van der Waals surface area contributed by atoms with Crippen molar-refractivity contribution in [1.82, 2.24) is 14.8 Å². The Morgan fingerprint density at radius 2 is 2.10 bits per heavy atom. The quantitative estimate of drug-likeness (QED) is 0.734. The number of hydrogen-bond acceptors (Lipinski definition) is 3. The van der Waals surface area contributed by atoms with E-state index in [1.807, 2.05) is 19.9 Å². The van der Waals surface area contributed by atoms with Gasteiger partial charge in [-0.3, -0.25) is 4.98 Å². The van der Waals surface area contributed by atoms with E-state index in [0.29, 0.717) is 16.9 Å². The summed E-state index contributed by atoms with van der Waals surface area (Å²) in [7, 11) is 0. The molecule has 5 heteroatoms. The molecule has 2 heterocycles. The summed E-state index contributed by atoms with van der Waals surface area (Å²) in [5.74, 6) is -0.410. The number of aromatic nitrogens is 3. The zero-order valence-corrected chi connectivity index (χ0v) is 12.3. The molecule has 0 aliphatic rings. The van der Waals surface area contributed by atoms with Crippen LogP contribution < -0.4 is 5.73 Å². The predicted octanol–water partition coefficient (Wildman–Crippen LogP) is 3.32. The summed E-state index contributed by atoms with van der Waals surface area (Å²) in [4.78, 5) is 4.30. The van der Waals surface area contributed by atoms with E-state index in [9.17, 15) is 4.39 Å². The molecule has 0 aliphatic carbocycles. The lowest BCUT2D eigenvalue weighted by Crippen LogP contribution is -2.06. The predicted molar refractivity (Wildman–Crippen MR) is 82.1 cm³/mol. The molecule has 2 N–H and O–H groups in total. The molecule has 0 aliphatic heterocycles. The molecule has 0 radical (unpaired) electrons. The van der Waals surface area contributed by atoms with Crippen LogP contribution in [0.2, 0.25) is 0 Å². The zero-order valence-electron chi connectivity index (χ0n) is 12.3. The summed E-state index contributed by atoms with van der Waals surface area (Å²) >= 11 is 0. The number of anilines is 1. The Bertz CT molecular complexity index is 836. The highest BCUT2D eigenvalue weighted by Gasteiger charge is 2.18. The highest BCUT2D eigenvalue weighted by atomic mass is 19.1. The molecular formula is C16H17FN4. The second-order valence-corrected chi connectivity index (χ2v) is 5.11. The Morgan fingerprint density at radius 1 is 1.33 bits per heavy atom. The molecule has 1 aromatic carbocycles. The van der Waals surface area contributed by atoms with Gasteiger partial charge in [-0.15, -0.1) is 0 Å². The third kappa shape index (κ3) is 1.96. The van der Waals surface area contributed by atoms with Crippen molar-refractivity contribution in [3.05, 3.63) is 47.2 Å². The Balaban J connectivity index is 2.41. The second-order valence-electron chi connectivity index (χ2n) is 5.11. The summed E-state index contributed by atoms with van der Waals surface area (Å²) in [5.41, 5.74) is 10.2. The van der Waals surface area contributed by atoms with Gasteiger partial charge in [-0.05, 0) is 44.0 Å². The molecule has 0 saturated carbocycles. The van der Waals surface area contributed by atoms with Gasteiger partial charge in [0.15, 0.2) is 5.82 Å². The number of hydrogen-bond donors (Lipinski definition) is 1. The highest BCUT2D eigenvalue weighted by Crippen LogP contribution is 2.30. The van der Waals surface area contributed by atoms with Crippen LogP contribution in [0.4, 0.5) is 10.1 Å². The molecule has 3 aromatic rings. The molecule has 3 rings (SSSR count). The second kappa shape index (κ2) is 4.84. The Labute approximate surface area is 122 Å². The summed E-state index contributed by atoms with van der Waals surface area (Å²) in [5, 5.41) is 5.22. The first-order chi connectivity index (χ1) is 10.0. The van der Waals surface area contributed by atoms with Crippen LogP contribution in [0.3, 0.4) is 0 Å². The number of pyridine rings is 1. The van der Waals surface area contributed by atoms with Gasteiger partial charge in [0.25, 0.3) is 0 Å². The van der Waals surface area contributed by atoms with Crippen molar-refractivity contribution in [2.75, 3.05) is 5.73 Å². The van der Waals surface area contributed by atoms with Crippen LogP contribution >= 0.6 is 0 Å². The van der Waals surface area contributed by atoms with Crippen LogP contribution in [0.1, 0.15) is 23.9 Å². The van der Waals surface area contributed by atoms with E-state index >= 15 is 0 Å². The monoisotopic (exact) mass is 284 g/mol. The third-order valence-corrected chi connectivity index (χ3v) is 3.86. The number of nitrogens with zero attached hydrogens (tertiary/aromatic N) is 3. The average Bonchev–Trinajstić information content (AvgIpc) is 2.73. The first-order valence-corrected chi connectivity index (χ1v) is 6.92. The number of nitrogens with two attached hydrogens (primary N) is 1. The maximum atomic E-state index is 14.5. The molecule has 21 heavy (non-hydrogen) atoms. The molecule has 0 saturated heterocycles. The Hall–Kier alpha value is -2.43. The minimum Gasteiger partial charge on any atom is -0.398 e. The fourth-order valence-corrected chi connectivity index (χ4v) is 2.83. The van der Waals surface area contributed by atoms with Crippen molar-refractivity contribution in [3.63, 3.8) is 0 Å². The summed E-state index contributed by atoms with van der Waals surface area (Å²) in [6.07, 6.45) is 2.50. The zero-order chi connectivity index (χ0) is 15.1. The lowest BCUT2D eigenvalue weighted by molar-refractivity contribution is 0.611. The van der Waals surface area contributed by atoms with Crippen LogP contribution in [0, 0.1) is 19.7 Å². The number of nitrogen functional groups attached to an aromatic ring is 1. The topological polar surface area (TPSA) is 56.7 Å². The summed E-state index contributed by atoms with van der Waals surface area (Å²) in [6, 6.07) is 4.97. The van der Waals surface area contributed by atoms with E-state index in [0.717, 1.165) is 28.8 Å².